The quantitative estimate of drug-likeness (QED) is 0.605. The van der Waals surface area contributed by atoms with Crippen LogP contribution in [0.1, 0.15) is 30.2 Å². The molecule has 0 spiro atoms. The minimum atomic E-state index is 0.199. The first kappa shape index (κ1) is 17.9. The Morgan fingerprint density at radius 2 is 2.07 bits per heavy atom. The second kappa shape index (κ2) is 8.95. The molecule has 0 saturated carbocycles. The summed E-state index contributed by atoms with van der Waals surface area (Å²) in [4.78, 5) is 4.83. The molecule has 2 unspecified atom stereocenters. The van der Waals surface area contributed by atoms with Gasteiger partial charge in [-0.2, -0.15) is 0 Å². The average molecular weight is 369 g/mol. The number of ether oxygens (including phenoxy) is 2. The summed E-state index contributed by atoms with van der Waals surface area (Å²) in [6.45, 7) is 3.92. The molecule has 3 heterocycles. The van der Waals surface area contributed by atoms with Gasteiger partial charge in [-0.1, -0.05) is 18.2 Å². The fourth-order valence-electron chi connectivity index (χ4n) is 3.52. The van der Waals surface area contributed by atoms with Gasteiger partial charge in [-0.15, -0.1) is 0 Å². The highest BCUT2D eigenvalue weighted by Crippen LogP contribution is 2.31. The fourth-order valence-corrected chi connectivity index (χ4v) is 3.52. The van der Waals surface area contributed by atoms with Crippen LogP contribution in [0, 0.1) is 5.92 Å². The molecule has 1 aromatic carbocycles. The molecule has 2 aromatic rings. The molecule has 0 radical (unpaired) electrons. The van der Waals surface area contributed by atoms with E-state index in [4.69, 9.17) is 18.9 Å². The molecular weight excluding hydrogens is 342 g/mol. The van der Waals surface area contributed by atoms with Crippen LogP contribution < -0.4 is 15.4 Å². The molecule has 0 aliphatic carbocycles. The van der Waals surface area contributed by atoms with Crippen LogP contribution in [0.15, 0.2) is 52.1 Å². The monoisotopic (exact) mass is 369 g/mol. The SMILES string of the molecule is c1coc(CCNC(=NCC2CCOC2)NC2CCOc3ccccc32)c1. The van der Waals surface area contributed by atoms with Crippen molar-refractivity contribution in [2.75, 3.05) is 32.9 Å². The van der Waals surface area contributed by atoms with Gasteiger partial charge in [0, 0.05) is 44.0 Å². The topological polar surface area (TPSA) is 68.0 Å². The smallest absolute Gasteiger partial charge is 0.191 e. The first-order valence-corrected chi connectivity index (χ1v) is 9.75. The van der Waals surface area contributed by atoms with E-state index in [0.717, 1.165) is 63.0 Å². The van der Waals surface area contributed by atoms with Crippen LogP contribution in [0.5, 0.6) is 5.75 Å². The van der Waals surface area contributed by atoms with Crippen molar-refractivity contribution in [2.45, 2.75) is 25.3 Å². The van der Waals surface area contributed by atoms with Gasteiger partial charge in [-0.25, -0.2) is 0 Å². The van der Waals surface area contributed by atoms with E-state index in [1.165, 1.54) is 5.56 Å². The summed E-state index contributed by atoms with van der Waals surface area (Å²) in [6, 6.07) is 12.3. The molecule has 27 heavy (non-hydrogen) atoms. The average Bonchev–Trinajstić information content (AvgIpc) is 3.40. The number of rotatable bonds is 6. The third-order valence-electron chi connectivity index (χ3n) is 5.05. The number of hydrogen-bond acceptors (Lipinski definition) is 4. The molecule has 0 bridgehead atoms. The van der Waals surface area contributed by atoms with Gasteiger partial charge in [0.05, 0.1) is 25.5 Å². The molecule has 1 saturated heterocycles. The van der Waals surface area contributed by atoms with E-state index < -0.39 is 0 Å². The summed E-state index contributed by atoms with van der Waals surface area (Å²) in [7, 11) is 0. The number of guanidine groups is 1. The van der Waals surface area contributed by atoms with Crippen LogP contribution in [-0.2, 0) is 11.2 Å². The number of benzene rings is 1. The highest BCUT2D eigenvalue weighted by Gasteiger charge is 2.22. The molecule has 2 atom stereocenters. The first-order valence-electron chi connectivity index (χ1n) is 9.75. The molecule has 6 heteroatoms. The second-order valence-corrected chi connectivity index (χ2v) is 7.05. The minimum Gasteiger partial charge on any atom is -0.493 e. The van der Waals surface area contributed by atoms with E-state index in [-0.39, 0.29) is 6.04 Å². The Bertz CT molecular complexity index is 739. The van der Waals surface area contributed by atoms with Crippen molar-refractivity contribution >= 4 is 5.96 Å². The first-order chi connectivity index (χ1) is 13.4. The van der Waals surface area contributed by atoms with E-state index in [9.17, 15) is 0 Å². The van der Waals surface area contributed by atoms with E-state index in [1.807, 2.05) is 24.3 Å². The van der Waals surface area contributed by atoms with Crippen LogP contribution in [0.4, 0.5) is 0 Å². The molecule has 1 fully saturated rings. The number of aliphatic imine (C=N–C) groups is 1. The molecule has 0 amide bonds. The molecule has 1 aromatic heterocycles. The number of furan rings is 1. The summed E-state index contributed by atoms with van der Waals surface area (Å²) in [5.74, 6) is 3.29. The van der Waals surface area contributed by atoms with Gasteiger partial charge in [0.25, 0.3) is 0 Å². The van der Waals surface area contributed by atoms with Gasteiger partial charge >= 0.3 is 0 Å². The number of nitrogens with one attached hydrogen (secondary N) is 2. The summed E-state index contributed by atoms with van der Waals surface area (Å²) in [5.41, 5.74) is 1.19. The minimum absolute atomic E-state index is 0.199. The third-order valence-corrected chi connectivity index (χ3v) is 5.05. The second-order valence-electron chi connectivity index (χ2n) is 7.05. The van der Waals surface area contributed by atoms with Gasteiger partial charge < -0.3 is 24.5 Å². The molecule has 6 nitrogen and oxygen atoms in total. The lowest BCUT2D eigenvalue weighted by Crippen LogP contribution is -2.42. The molecule has 2 aliphatic rings. The zero-order valence-corrected chi connectivity index (χ0v) is 15.5. The van der Waals surface area contributed by atoms with Crippen LogP contribution in [0.3, 0.4) is 0 Å². The van der Waals surface area contributed by atoms with Crippen LogP contribution in [0.25, 0.3) is 0 Å². The zero-order valence-electron chi connectivity index (χ0n) is 15.5. The van der Waals surface area contributed by atoms with Gasteiger partial charge in [-0.3, -0.25) is 4.99 Å². The fraction of sp³-hybridized carbons (Fsp3) is 0.476. The van der Waals surface area contributed by atoms with Gasteiger partial charge in [0.1, 0.15) is 11.5 Å². The van der Waals surface area contributed by atoms with Crippen molar-refractivity contribution in [3.8, 4) is 5.75 Å². The molecule has 2 aliphatic heterocycles. The molecule has 144 valence electrons. The largest absolute Gasteiger partial charge is 0.493 e. The van der Waals surface area contributed by atoms with Crippen molar-refractivity contribution in [3.63, 3.8) is 0 Å². The Morgan fingerprint density at radius 1 is 1.11 bits per heavy atom. The molecule has 4 rings (SSSR count). The van der Waals surface area contributed by atoms with E-state index in [2.05, 4.69) is 22.8 Å². The third kappa shape index (κ3) is 4.83. The van der Waals surface area contributed by atoms with E-state index in [0.29, 0.717) is 12.5 Å². The Labute approximate surface area is 160 Å². The highest BCUT2D eigenvalue weighted by atomic mass is 16.5. The Balaban J connectivity index is 1.41. The Morgan fingerprint density at radius 3 is 2.93 bits per heavy atom. The van der Waals surface area contributed by atoms with Crippen molar-refractivity contribution < 1.29 is 13.9 Å². The molecular formula is C21H27N3O3. The summed E-state index contributed by atoms with van der Waals surface area (Å²) in [5, 5.41) is 7.06. The predicted molar refractivity (Wildman–Crippen MR) is 104 cm³/mol. The van der Waals surface area contributed by atoms with E-state index in [1.54, 1.807) is 6.26 Å². The van der Waals surface area contributed by atoms with Gasteiger partial charge in [-0.05, 0) is 24.6 Å². The van der Waals surface area contributed by atoms with Crippen molar-refractivity contribution in [1.29, 1.82) is 0 Å². The van der Waals surface area contributed by atoms with Gasteiger partial charge in [0.15, 0.2) is 5.96 Å². The zero-order chi connectivity index (χ0) is 18.3. The lowest BCUT2D eigenvalue weighted by atomic mass is 10.0. The maximum Gasteiger partial charge on any atom is 0.191 e. The summed E-state index contributed by atoms with van der Waals surface area (Å²) in [6.07, 6.45) is 4.54. The van der Waals surface area contributed by atoms with Crippen LogP contribution in [0.2, 0.25) is 0 Å². The maximum atomic E-state index is 5.78. The van der Waals surface area contributed by atoms with Crippen LogP contribution >= 0.6 is 0 Å². The Kier molecular flexibility index (Phi) is 5.94. The normalized spacial score (nSPS) is 22.1. The number of hydrogen-bond donors (Lipinski definition) is 2. The summed E-state index contributed by atoms with van der Waals surface area (Å²) < 4.78 is 16.7. The number of para-hydroxylation sites is 1. The van der Waals surface area contributed by atoms with Gasteiger partial charge in [0.2, 0.25) is 0 Å². The lowest BCUT2D eigenvalue weighted by molar-refractivity contribution is 0.187. The van der Waals surface area contributed by atoms with Crippen molar-refractivity contribution in [2.24, 2.45) is 10.9 Å². The number of nitrogens with zero attached hydrogens (tertiary/aromatic N) is 1. The van der Waals surface area contributed by atoms with Crippen molar-refractivity contribution in [3.05, 3.63) is 54.0 Å². The standard InChI is InChI=1S/C21H27N3O3/c1-2-6-20-18(5-1)19(9-13-27-20)24-21(23-14-16-8-12-25-15-16)22-10-7-17-4-3-11-26-17/h1-6,11,16,19H,7-10,12-15H2,(H2,22,23,24). The molecule has 2 N–H and O–H groups in total. The maximum absolute atomic E-state index is 5.78. The summed E-state index contributed by atoms with van der Waals surface area (Å²) >= 11 is 0. The lowest BCUT2D eigenvalue weighted by Gasteiger charge is -2.28. The number of fused-ring (bicyclic) bond motifs is 1. The highest BCUT2D eigenvalue weighted by molar-refractivity contribution is 5.80. The Hall–Kier alpha value is -2.47. The predicted octanol–water partition coefficient (Wildman–Crippen LogP) is 2.92. The van der Waals surface area contributed by atoms with E-state index >= 15 is 0 Å². The van der Waals surface area contributed by atoms with Crippen LogP contribution in [-0.4, -0.2) is 38.9 Å². The van der Waals surface area contributed by atoms with Crippen molar-refractivity contribution in [1.82, 2.24) is 10.6 Å².